The molecule has 0 bridgehead atoms. The predicted molar refractivity (Wildman–Crippen MR) is 107 cm³/mol. The van der Waals surface area contributed by atoms with Crippen molar-refractivity contribution in [3.05, 3.63) is 46.9 Å². The molecule has 7 heteroatoms. The zero-order chi connectivity index (χ0) is 18.1. The highest BCUT2D eigenvalue weighted by Gasteiger charge is 2.22. The molecule has 2 aromatic heterocycles. The average molecular weight is 369 g/mol. The molecule has 3 N–H and O–H groups in total. The minimum Gasteiger partial charge on any atom is -0.387 e. The number of H-pyrrole nitrogens is 1. The van der Waals surface area contributed by atoms with E-state index in [2.05, 4.69) is 38.5 Å². The van der Waals surface area contributed by atoms with Crippen LogP contribution in [0.2, 0.25) is 0 Å². The third-order valence-electron chi connectivity index (χ3n) is 4.80. The molecule has 0 saturated heterocycles. The molecule has 1 unspecified atom stereocenters. The number of aryl methyl sites for hydroxylation is 1. The molecule has 0 saturated carbocycles. The van der Waals surface area contributed by atoms with Crippen LogP contribution < -0.4 is 15.5 Å². The number of nitrogens with zero attached hydrogens (tertiary/aromatic N) is 2. The number of aromatic nitrogens is 2. The number of amides is 1. The second-order valence-corrected chi connectivity index (χ2v) is 7.77. The van der Waals surface area contributed by atoms with E-state index in [0.29, 0.717) is 0 Å². The standard InChI is InChI=1S/C19H23N5OS/c1-12-10-22-18-17(12)15(5-7-21-18)24-8-9-26-16(11-24)19(25)23-13(2)14-4-3-6-20-14/h4-5,7,10-11,13,20H,3,6,8-9H2,1-2H3,(H,21,22)(H,23,25). The van der Waals surface area contributed by atoms with Crippen LogP contribution in [0.5, 0.6) is 0 Å². The molecule has 26 heavy (non-hydrogen) atoms. The molecule has 0 radical (unpaired) electrons. The monoisotopic (exact) mass is 369 g/mol. The van der Waals surface area contributed by atoms with E-state index in [1.165, 1.54) is 0 Å². The summed E-state index contributed by atoms with van der Waals surface area (Å²) in [5.74, 6) is 0.861. The Morgan fingerprint density at radius 1 is 1.46 bits per heavy atom. The van der Waals surface area contributed by atoms with Crippen molar-refractivity contribution < 1.29 is 4.79 Å². The van der Waals surface area contributed by atoms with Gasteiger partial charge in [-0.25, -0.2) is 4.98 Å². The molecule has 0 aliphatic carbocycles. The van der Waals surface area contributed by atoms with Gasteiger partial charge < -0.3 is 20.5 Å². The Morgan fingerprint density at radius 3 is 3.15 bits per heavy atom. The van der Waals surface area contributed by atoms with E-state index in [9.17, 15) is 4.79 Å². The zero-order valence-corrected chi connectivity index (χ0v) is 15.8. The van der Waals surface area contributed by atoms with Crippen molar-refractivity contribution in [1.82, 2.24) is 20.6 Å². The van der Waals surface area contributed by atoms with E-state index < -0.39 is 0 Å². The van der Waals surface area contributed by atoms with E-state index >= 15 is 0 Å². The van der Waals surface area contributed by atoms with E-state index in [1.807, 2.05) is 31.6 Å². The van der Waals surface area contributed by atoms with Crippen LogP contribution in [0, 0.1) is 6.92 Å². The first kappa shape index (κ1) is 17.0. The molecule has 4 heterocycles. The van der Waals surface area contributed by atoms with Crippen LogP contribution >= 0.6 is 11.8 Å². The summed E-state index contributed by atoms with van der Waals surface area (Å²) in [5, 5.41) is 7.54. The number of anilines is 1. The maximum absolute atomic E-state index is 12.7. The van der Waals surface area contributed by atoms with Crippen LogP contribution in [0.15, 0.2) is 41.3 Å². The molecule has 4 rings (SSSR count). The number of fused-ring (bicyclic) bond motifs is 1. The summed E-state index contributed by atoms with van der Waals surface area (Å²) in [5.41, 5.74) is 4.24. The minimum absolute atomic E-state index is 0.00132. The molecular formula is C19H23N5OS. The van der Waals surface area contributed by atoms with Gasteiger partial charge in [-0.05, 0) is 31.9 Å². The van der Waals surface area contributed by atoms with E-state index in [4.69, 9.17) is 0 Å². The van der Waals surface area contributed by atoms with Crippen molar-refractivity contribution in [1.29, 1.82) is 0 Å². The fourth-order valence-electron chi connectivity index (χ4n) is 3.44. The molecule has 1 amide bonds. The van der Waals surface area contributed by atoms with E-state index in [0.717, 1.165) is 58.1 Å². The fourth-order valence-corrected chi connectivity index (χ4v) is 4.34. The van der Waals surface area contributed by atoms with Crippen molar-refractivity contribution >= 4 is 34.4 Å². The van der Waals surface area contributed by atoms with Gasteiger partial charge in [0.05, 0.1) is 16.6 Å². The first-order valence-corrected chi connectivity index (χ1v) is 9.91. The number of hydrogen-bond acceptors (Lipinski definition) is 5. The van der Waals surface area contributed by atoms with Gasteiger partial charge in [0.2, 0.25) is 0 Å². The van der Waals surface area contributed by atoms with Gasteiger partial charge in [0.1, 0.15) is 5.65 Å². The highest BCUT2D eigenvalue weighted by molar-refractivity contribution is 8.04. The van der Waals surface area contributed by atoms with Gasteiger partial charge >= 0.3 is 0 Å². The number of carbonyl (C=O) groups excluding carboxylic acids is 1. The maximum Gasteiger partial charge on any atom is 0.259 e. The van der Waals surface area contributed by atoms with Gasteiger partial charge in [-0.15, -0.1) is 11.8 Å². The largest absolute Gasteiger partial charge is 0.387 e. The number of carbonyl (C=O) groups is 1. The Labute approximate surface area is 157 Å². The summed E-state index contributed by atoms with van der Waals surface area (Å²) in [7, 11) is 0. The molecule has 1 atom stereocenters. The minimum atomic E-state index is -0.0158. The van der Waals surface area contributed by atoms with E-state index in [-0.39, 0.29) is 11.9 Å². The van der Waals surface area contributed by atoms with Crippen molar-refractivity contribution in [2.24, 2.45) is 0 Å². The lowest BCUT2D eigenvalue weighted by molar-refractivity contribution is -0.117. The van der Waals surface area contributed by atoms with Gasteiger partial charge in [-0.3, -0.25) is 4.79 Å². The summed E-state index contributed by atoms with van der Waals surface area (Å²) in [6.45, 7) is 5.91. The summed E-state index contributed by atoms with van der Waals surface area (Å²) in [6.07, 6.45) is 8.93. The molecule has 0 spiro atoms. The van der Waals surface area contributed by atoms with Crippen molar-refractivity contribution in [2.75, 3.05) is 23.7 Å². The zero-order valence-electron chi connectivity index (χ0n) is 15.0. The molecule has 0 aromatic carbocycles. The van der Waals surface area contributed by atoms with Crippen LogP contribution in [-0.4, -0.2) is 40.8 Å². The van der Waals surface area contributed by atoms with Crippen molar-refractivity contribution in [2.45, 2.75) is 26.3 Å². The van der Waals surface area contributed by atoms with Crippen LogP contribution in [0.25, 0.3) is 11.0 Å². The highest BCUT2D eigenvalue weighted by Crippen LogP contribution is 2.32. The normalized spacial score (nSPS) is 18.3. The second-order valence-electron chi connectivity index (χ2n) is 6.63. The molecule has 0 fully saturated rings. The summed E-state index contributed by atoms with van der Waals surface area (Å²) >= 11 is 1.61. The third kappa shape index (κ3) is 3.19. The number of hydrogen-bond donors (Lipinski definition) is 3. The topological polar surface area (TPSA) is 73.0 Å². The van der Waals surface area contributed by atoms with Gasteiger partial charge in [-0.1, -0.05) is 6.08 Å². The number of thioether (sulfide) groups is 1. The predicted octanol–water partition coefficient (Wildman–Crippen LogP) is 2.65. The number of nitrogens with one attached hydrogen (secondary N) is 3. The van der Waals surface area contributed by atoms with Crippen LogP contribution in [0.1, 0.15) is 18.9 Å². The molecule has 6 nitrogen and oxygen atoms in total. The SMILES string of the molecule is Cc1c[nH]c2nccc(N3C=C(C(=O)NC(C)C4=CCCN4)SCC3)c12. The lowest BCUT2D eigenvalue weighted by Crippen LogP contribution is -2.38. The average Bonchev–Trinajstić information content (AvgIpc) is 3.32. The Bertz CT molecular complexity index is 900. The quantitative estimate of drug-likeness (QED) is 0.773. The fraction of sp³-hybridized carbons (Fsp3) is 0.368. The van der Waals surface area contributed by atoms with Gasteiger partial charge in [-0.2, -0.15) is 0 Å². The van der Waals surface area contributed by atoms with Gasteiger partial charge in [0.25, 0.3) is 5.91 Å². The molecular weight excluding hydrogens is 346 g/mol. The Morgan fingerprint density at radius 2 is 2.35 bits per heavy atom. The lowest BCUT2D eigenvalue weighted by atomic mass is 10.2. The Kier molecular flexibility index (Phi) is 4.63. The smallest absolute Gasteiger partial charge is 0.259 e. The molecule has 2 aliphatic rings. The van der Waals surface area contributed by atoms with Crippen LogP contribution in [0.4, 0.5) is 5.69 Å². The van der Waals surface area contributed by atoms with Crippen LogP contribution in [0.3, 0.4) is 0 Å². The summed E-state index contributed by atoms with van der Waals surface area (Å²) in [6, 6.07) is 2.02. The Hall–Kier alpha value is -2.41. The first-order valence-electron chi connectivity index (χ1n) is 8.92. The lowest BCUT2D eigenvalue weighted by Gasteiger charge is -2.27. The molecule has 2 aromatic rings. The van der Waals surface area contributed by atoms with Gasteiger partial charge in [0.15, 0.2) is 0 Å². The summed E-state index contributed by atoms with van der Waals surface area (Å²) < 4.78 is 0. The first-order chi connectivity index (χ1) is 12.6. The Balaban J connectivity index is 1.57. The van der Waals surface area contributed by atoms with Crippen molar-refractivity contribution in [3.63, 3.8) is 0 Å². The van der Waals surface area contributed by atoms with Crippen LogP contribution in [-0.2, 0) is 4.79 Å². The third-order valence-corrected chi connectivity index (χ3v) is 5.79. The molecule has 2 aliphatic heterocycles. The highest BCUT2D eigenvalue weighted by atomic mass is 32.2. The van der Waals surface area contributed by atoms with Gasteiger partial charge in [0, 0.05) is 48.5 Å². The molecule has 136 valence electrons. The number of pyridine rings is 1. The number of aromatic amines is 1. The number of rotatable bonds is 4. The summed E-state index contributed by atoms with van der Waals surface area (Å²) in [4.78, 5) is 23.2. The second kappa shape index (κ2) is 7.07. The maximum atomic E-state index is 12.7. The van der Waals surface area contributed by atoms with E-state index in [1.54, 1.807) is 11.8 Å². The van der Waals surface area contributed by atoms with Crippen molar-refractivity contribution in [3.8, 4) is 0 Å².